The van der Waals surface area contributed by atoms with Gasteiger partial charge < -0.3 is 5.32 Å². The summed E-state index contributed by atoms with van der Waals surface area (Å²) in [6, 6.07) is 17.7. The first kappa shape index (κ1) is 18.2. The Morgan fingerprint density at radius 1 is 1.14 bits per heavy atom. The van der Waals surface area contributed by atoms with Crippen molar-refractivity contribution in [3.63, 3.8) is 0 Å². The third-order valence-corrected chi connectivity index (χ3v) is 4.96. The van der Waals surface area contributed by atoms with Crippen molar-refractivity contribution in [3.05, 3.63) is 77.2 Å². The molecule has 2 N–H and O–H groups in total. The SMILES string of the molecule is Cc1[nH]nc2ccc(-c3cc(NC(=O)CCc4ccccc4)cnc3Cl)cc12. The molecule has 0 atom stereocenters. The van der Waals surface area contributed by atoms with Crippen LogP contribution in [-0.2, 0) is 11.2 Å². The fourth-order valence-corrected chi connectivity index (χ4v) is 3.36. The predicted molar refractivity (Wildman–Crippen MR) is 112 cm³/mol. The standard InChI is InChI=1S/C22H19ClN4O/c1-14-18-11-16(8-9-20(18)27-26-14)19-12-17(13-24-22(19)23)25-21(28)10-7-15-5-3-2-4-6-15/h2-6,8-9,11-13H,7,10H2,1H3,(H,25,28)(H,26,27). The summed E-state index contributed by atoms with van der Waals surface area (Å²) >= 11 is 6.33. The zero-order valence-electron chi connectivity index (χ0n) is 15.4. The highest BCUT2D eigenvalue weighted by Gasteiger charge is 2.11. The second-order valence-electron chi connectivity index (χ2n) is 6.68. The van der Waals surface area contributed by atoms with Crippen LogP contribution in [0.3, 0.4) is 0 Å². The molecule has 4 aromatic rings. The number of nitrogens with one attached hydrogen (secondary N) is 2. The van der Waals surface area contributed by atoms with Gasteiger partial charge in [-0.15, -0.1) is 0 Å². The van der Waals surface area contributed by atoms with Crippen molar-refractivity contribution >= 4 is 34.1 Å². The summed E-state index contributed by atoms with van der Waals surface area (Å²) < 4.78 is 0. The maximum Gasteiger partial charge on any atom is 0.224 e. The maximum absolute atomic E-state index is 12.3. The molecule has 4 rings (SSSR count). The molecule has 28 heavy (non-hydrogen) atoms. The smallest absolute Gasteiger partial charge is 0.224 e. The number of aryl methyl sites for hydroxylation is 2. The van der Waals surface area contributed by atoms with E-state index < -0.39 is 0 Å². The second-order valence-corrected chi connectivity index (χ2v) is 7.03. The Morgan fingerprint density at radius 2 is 1.96 bits per heavy atom. The molecule has 0 aliphatic heterocycles. The molecule has 0 aliphatic carbocycles. The summed E-state index contributed by atoms with van der Waals surface area (Å²) in [6.07, 6.45) is 2.67. The van der Waals surface area contributed by atoms with Crippen LogP contribution < -0.4 is 5.32 Å². The third-order valence-electron chi connectivity index (χ3n) is 4.66. The van der Waals surface area contributed by atoms with Gasteiger partial charge in [-0.3, -0.25) is 9.89 Å². The van der Waals surface area contributed by atoms with Crippen LogP contribution in [0.5, 0.6) is 0 Å². The van der Waals surface area contributed by atoms with Crippen molar-refractivity contribution in [3.8, 4) is 11.1 Å². The summed E-state index contributed by atoms with van der Waals surface area (Å²) in [5, 5.41) is 11.6. The molecule has 2 heterocycles. The van der Waals surface area contributed by atoms with Gasteiger partial charge in [0.1, 0.15) is 5.15 Å². The van der Waals surface area contributed by atoms with Gasteiger partial charge in [0.25, 0.3) is 0 Å². The lowest BCUT2D eigenvalue weighted by atomic mass is 10.0. The minimum atomic E-state index is -0.0555. The second kappa shape index (κ2) is 7.82. The van der Waals surface area contributed by atoms with E-state index in [9.17, 15) is 4.79 Å². The molecule has 5 nitrogen and oxygen atoms in total. The highest BCUT2D eigenvalue weighted by atomic mass is 35.5. The summed E-state index contributed by atoms with van der Waals surface area (Å²) in [7, 11) is 0. The van der Waals surface area contributed by atoms with Crippen LogP contribution in [0.4, 0.5) is 5.69 Å². The lowest BCUT2D eigenvalue weighted by Gasteiger charge is -2.09. The number of rotatable bonds is 5. The number of anilines is 1. The number of amides is 1. The van der Waals surface area contributed by atoms with E-state index in [0.717, 1.165) is 33.3 Å². The molecule has 0 saturated carbocycles. The molecule has 0 aliphatic rings. The van der Waals surface area contributed by atoms with Crippen LogP contribution in [-0.4, -0.2) is 21.1 Å². The number of benzene rings is 2. The van der Waals surface area contributed by atoms with Gasteiger partial charge in [0.05, 0.1) is 17.4 Å². The molecule has 0 radical (unpaired) electrons. The molecule has 140 valence electrons. The molecular formula is C22H19ClN4O. The molecule has 6 heteroatoms. The van der Waals surface area contributed by atoms with Gasteiger partial charge in [-0.1, -0.05) is 48.0 Å². The molecule has 1 amide bonds. The summed E-state index contributed by atoms with van der Waals surface area (Å²) in [5.74, 6) is -0.0555. The Kier molecular flexibility index (Phi) is 5.08. The van der Waals surface area contributed by atoms with Gasteiger partial charge in [-0.25, -0.2) is 4.98 Å². The van der Waals surface area contributed by atoms with Gasteiger partial charge in [0.2, 0.25) is 5.91 Å². The Balaban J connectivity index is 1.53. The quantitative estimate of drug-likeness (QED) is 0.462. The number of hydrogen-bond acceptors (Lipinski definition) is 3. The molecular weight excluding hydrogens is 372 g/mol. The Hall–Kier alpha value is -3.18. The predicted octanol–water partition coefficient (Wildman–Crippen LogP) is 5.16. The van der Waals surface area contributed by atoms with Gasteiger partial charge in [-0.2, -0.15) is 5.10 Å². The fourth-order valence-electron chi connectivity index (χ4n) is 3.15. The Labute approximate surface area is 167 Å². The first-order valence-electron chi connectivity index (χ1n) is 9.04. The van der Waals surface area contributed by atoms with Crippen LogP contribution in [0.1, 0.15) is 17.7 Å². The van der Waals surface area contributed by atoms with E-state index in [2.05, 4.69) is 20.5 Å². The van der Waals surface area contributed by atoms with E-state index >= 15 is 0 Å². The normalized spacial score (nSPS) is 10.9. The number of H-pyrrole nitrogens is 1. The van der Waals surface area contributed by atoms with E-state index in [4.69, 9.17) is 11.6 Å². The van der Waals surface area contributed by atoms with Crippen LogP contribution in [0, 0.1) is 6.92 Å². The number of pyridine rings is 1. The highest BCUT2D eigenvalue weighted by molar-refractivity contribution is 6.32. The average molecular weight is 391 g/mol. The first-order chi connectivity index (χ1) is 13.6. The highest BCUT2D eigenvalue weighted by Crippen LogP contribution is 2.31. The number of hydrogen-bond donors (Lipinski definition) is 2. The van der Waals surface area contributed by atoms with Crippen molar-refractivity contribution in [1.82, 2.24) is 15.2 Å². The third kappa shape index (κ3) is 3.89. The molecule has 0 saturated heterocycles. The zero-order chi connectivity index (χ0) is 19.5. The number of aromatic amines is 1. The number of nitrogens with zero attached hydrogens (tertiary/aromatic N) is 2. The van der Waals surface area contributed by atoms with Crippen molar-refractivity contribution in [2.75, 3.05) is 5.32 Å². The Morgan fingerprint density at radius 3 is 2.79 bits per heavy atom. The average Bonchev–Trinajstić information content (AvgIpc) is 3.09. The minimum absolute atomic E-state index is 0.0555. The van der Waals surface area contributed by atoms with E-state index in [1.807, 2.05) is 61.5 Å². The summed E-state index contributed by atoms with van der Waals surface area (Å²) in [4.78, 5) is 16.6. The topological polar surface area (TPSA) is 70.7 Å². The lowest BCUT2D eigenvalue weighted by molar-refractivity contribution is -0.116. The van der Waals surface area contributed by atoms with Gasteiger partial charge in [0.15, 0.2) is 0 Å². The number of fused-ring (bicyclic) bond motifs is 1. The molecule has 0 spiro atoms. The van der Waals surface area contributed by atoms with Crippen molar-refractivity contribution in [2.24, 2.45) is 0 Å². The van der Waals surface area contributed by atoms with Crippen LogP contribution in [0.25, 0.3) is 22.0 Å². The van der Waals surface area contributed by atoms with Crippen molar-refractivity contribution in [2.45, 2.75) is 19.8 Å². The summed E-state index contributed by atoms with van der Waals surface area (Å²) in [6.45, 7) is 1.97. The first-order valence-corrected chi connectivity index (χ1v) is 9.42. The van der Waals surface area contributed by atoms with E-state index in [1.54, 1.807) is 6.20 Å². The van der Waals surface area contributed by atoms with Crippen LogP contribution >= 0.6 is 11.6 Å². The Bertz CT molecular complexity index is 1140. The molecule has 2 aromatic heterocycles. The maximum atomic E-state index is 12.3. The van der Waals surface area contributed by atoms with Gasteiger partial charge in [-0.05, 0) is 42.7 Å². The number of halogens is 1. The number of carbonyl (C=O) groups excluding carboxylic acids is 1. The monoisotopic (exact) mass is 390 g/mol. The fraction of sp³-hybridized carbons (Fsp3) is 0.136. The molecule has 0 bridgehead atoms. The lowest BCUT2D eigenvalue weighted by Crippen LogP contribution is -2.12. The van der Waals surface area contributed by atoms with E-state index in [0.29, 0.717) is 23.7 Å². The number of aromatic nitrogens is 3. The molecule has 2 aromatic carbocycles. The van der Waals surface area contributed by atoms with Crippen LogP contribution in [0.15, 0.2) is 60.8 Å². The van der Waals surface area contributed by atoms with Crippen molar-refractivity contribution < 1.29 is 4.79 Å². The minimum Gasteiger partial charge on any atom is -0.325 e. The largest absolute Gasteiger partial charge is 0.325 e. The summed E-state index contributed by atoms with van der Waals surface area (Å²) in [5.41, 5.74) is 5.35. The van der Waals surface area contributed by atoms with E-state index in [-0.39, 0.29) is 5.91 Å². The van der Waals surface area contributed by atoms with Gasteiger partial charge >= 0.3 is 0 Å². The van der Waals surface area contributed by atoms with Crippen molar-refractivity contribution in [1.29, 1.82) is 0 Å². The zero-order valence-corrected chi connectivity index (χ0v) is 16.1. The molecule has 0 unspecified atom stereocenters. The molecule has 0 fully saturated rings. The van der Waals surface area contributed by atoms with E-state index in [1.165, 1.54) is 0 Å². The number of carbonyl (C=O) groups is 1. The van der Waals surface area contributed by atoms with Crippen LogP contribution in [0.2, 0.25) is 5.15 Å². The van der Waals surface area contributed by atoms with Gasteiger partial charge in [0, 0.05) is 23.1 Å².